The van der Waals surface area contributed by atoms with Gasteiger partial charge in [0.1, 0.15) is 0 Å². The van der Waals surface area contributed by atoms with E-state index in [-0.39, 0.29) is 6.54 Å². The summed E-state index contributed by atoms with van der Waals surface area (Å²) >= 11 is 6.00. The molecule has 124 valence electrons. The highest BCUT2D eigenvalue weighted by Gasteiger charge is 2.15. The molecule has 2 amide bonds. The first-order valence-electron chi connectivity index (χ1n) is 7.57. The summed E-state index contributed by atoms with van der Waals surface area (Å²) in [6.45, 7) is 0.101. The Labute approximate surface area is 144 Å². The van der Waals surface area contributed by atoms with E-state index in [2.05, 4.69) is 10.6 Å². The zero-order chi connectivity index (χ0) is 17.1. The van der Waals surface area contributed by atoms with Crippen LogP contribution in [0.5, 0.6) is 0 Å². The van der Waals surface area contributed by atoms with Crippen LogP contribution in [-0.4, -0.2) is 22.2 Å². The van der Waals surface area contributed by atoms with E-state index in [1.807, 2.05) is 42.1 Å². The Morgan fingerprint density at radius 3 is 2.71 bits per heavy atom. The van der Waals surface area contributed by atoms with Crippen LogP contribution in [0.2, 0.25) is 5.02 Å². The van der Waals surface area contributed by atoms with Crippen LogP contribution in [0.1, 0.15) is 11.7 Å². The number of carbonyl (C=O) groups is 1. The van der Waals surface area contributed by atoms with E-state index in [0.717, 1.165) is 16.5 Å². The predicted octanol–water partition coefficient (Wildman–Crippen LogP) is 3.69. The molecule has 5 nitrogen and oxygen atoms in total. The summed E-state index contributed by atoms with van der Waals surface area (Å²) in [4.78, 5) is 12.0. The third kappa shape index (κ3) is 3.37. The SMILES string of the molecule is Cn1cc([C@H](O)CNC(=O)Nc2ccccc2Cl)c2ccccc21. The van der Waals surface area contributed by atoms with Crippen molar-refractivity contribution in [1.82, 2.24) is 9.88 Å². The minimum absolute atomic E-state index is 0.101. The summed E-state index contributed by atoms with van der Waals surface area (Å²) in [7, 11) is 1.93. The van der Waals surface area contributed by atoms with E-state index >= 15 is 0 Å². The highest BCUT2D eigenvalue weighted by atomic mass is 35.5. The van der Waals surface area contributed by atoms with Gasteiger partial charge in [0.2, 0.25) is 0 Å². The van der Waals surface area contributed by atoms with Gasteiger partial charge in [-0.05, 0) is 18.2 Å². The second-order valence-corrected chi connectivity index (χ2v) is 5.95. The molecule has 0 bridgehead atoms. The normalized spacial score (nSPS) is 12.1. The maximum atomic E-state index is 12.0. The number of hydrogen-bond acceptors (Lipinski definition) is 2. The number of aromatic nitrogens is 1. The van der Waals surface area contributed by atoms with Crippen LogP contribution < -0.4 is 10.6 Å². The van der Waals surface area contributed by atoms with Crippen LogP contribution in [0, 0.1) is 0 Å². The van der Waals surface area contributed by atoms with Gasteiger partial charge in [0.05, 0.1) is 16.8 Å². The third-order valence-corrected chi connectivity index (χ3v) is 4.19. The molecule has 0 unspecified atom stereocenters. The maximum Gasteiger partial charge on any atom is 0.319 e. The first kappa shape index (κ1) is 16.4. The summed E-state index contributed by atoms with van der Waals surface area (Å²) in [5.74, 6) is 0. The highest BCUT2D eigenvalue weighted by molar-refractivity contribution is 6.33. The van der Waals surface area contributed by atoms with E-state index in [9.17, 15) is 9.90 Å². The second kappa shape index (κ2) is 6.95. The molecule has 1 aromatic heterocycles. The Hall–Kier alpha value is -2.50. The van der Waals surface area contributed by atoms with Gasteiger partial charge in [0.25, 0.3) is 0 Å². The van der Waals surface area contributed by atoms with Gasteiger partial charge in [0, 0.05) is 36.3 Å². The monoisotopic (exact) mass is 343 g/mol. The zero-order valence-electron chi connectivity index (χ0n) is 13.2. The standard InChI is InChI=1S/C18H18ClN3O2/c1-22-11-13(12-6-2-5-9-16(12)22)17(23)10-20-18(24)21-15-8-4-3-7-14(15)19/h2-9,11,17,23H,10H2,1H3,(H2,20,21,24)/t17-/m1/s1. The summed E-state index contributed by atoms with van der Waals surface area (Å²) < 4.78 is 1.96. The van der Waals surface area contributed by atoms with Gasteiger partial charge in [-0.15, -0.1) is 0 Å². The molecule has 1 heterocycles. The number of aryl methyl sites for hydroxylation is 1. The summed E-state index contributed by atoms with van der Waals surface area (Å²) in [5.41, 5.74) is 2.34. The van der Waals surface area contributed by atoms with Gasteiger partial charge >= 0.3 is 6.03 Å². The molecule has 0 aliphatic rings. The fourth-order valence-corrected chi connectivity index (χ4v) is 2.85. The molecule has 3 N–H and O–H groups in total. The van der Waals surface area contributed by atoms with Crippen LogP contribution in [0.15, 0.2) is 54.7 Å². The van der Waals surface area contributed by atoms with Gasteiger partial charge in [-0.1, -0.05) is 41.9 Å². The van der Waals surface area contributed by atoms with Crippen molar-refractivity contribution in [3.63, 3.8) is 0 Å². The number of para-hydroxylation sites is 2. The van der Waals surface area contributed by atoms with E-state index < -0.39 is 12.1 Å². The Morgan fingerprint density at radius 2 is 1.92 bits per heavy atom. The Kier molecular flexibility index (Phi) is 4.74. The summed E-state index contributed by atoms with van der Waals surface area (Å²) in [6, 6.07) is 14.4. The Morgan fingerprint density at radius 1 is 1.21 bits per heavy atom. The van der Waals surface area contributed by atoms with Crippen molar-refractivity contribution in [1.29, 1.82) is 0 Å². The van der Waals surface area contributed by atoms with Crippen molar-refractivity contribution in [3.8, 4) is 0 Å². The van der Waals surface area contributed by atoms with Crippen molar-refractivity contribution in [3.05, 3.63) is 65.3 Å². The van der Waals surface area contributed by atoms with Crippen LogP contribution in [0.25, 0.3) is 10.9 Å². The number of fused-ring (bicyclic) bond motifs is 1. The summed E-state index contributed by atoms with van der Waals surface area (Å²) in [6.07, 6.45) is 1.08. The van der Waals surface area contributed by atoms with Gasteiger partial charge in [-0.3, -0.25) is 0 Å². The first-order valence-corrected chi connectivity index (χ1v) is 7.95. The van der Waals surface area contributed by atoms with Gasteiger partial charge < -0.3 is 20.3 Å². The molecule has 1 atom stereocenters. The van der Waals surface area contributed by atoms with Crippen LogP contribution in [0.3, 0.4) is 0 Å². The molecule has 3 aromatic rings. The van der Waals surface area contributed by atoms with Crippen LogP contribution >= 0.6 is 11.6 Å². The number of hydrogen-bond donors (Lipinski definition) is 3. The molecule has 0 aliphatic heterocycles. The number of aliphatic hydroxyl groups excluding tert-OH is 1. The topological polar surface area (TPSA) is 66.3 Å². The maximum absolute atomic E-state index is 12.0. The molecule has 0 fully saturated rings. The van der Waals surface area contributed by atoms with Crippen molar-refractivity contribution >= 4 is 34.2 Å². The van der Waals surface area contributed by atoms with Crippen molar-refractivity contribution in [2.45, 2.75) is 6.10 Å². The lowest BCUT2D eigenvalue weighted by molar-refractivity contribution is 0.176. The lowest BCUT2D eigenvalue weighted by Gasteiger charge is -2.13. The molecular weight excluding hydrogens is 326 g/mol. The number of benzene rings is 2. The van der Waals surface area contributed by atoms with E-state index in [1.165, 1.54) is 0 Å². The smallest absolute Gasteiger partial charge is 0.319 e. The Bertz CT molecular complexity index is 876. The molecule has 0 radical (unpaired) electrons. The molecule has 2 aromatic carbocycles. The minimum atomic E-state index is -0.798. The van der Waals surface area contributed by atoms with E-state index in [1.54, 1.807) is 24.3 Å². The fourth-order valence-electron chi connectivity index (χ4n) is 2.67. The highest BCUT2D eigenvalue weighted by Crippen LogP contribution is 2.25. The number of urea groups is 1. The lowest BCUT2D eigenvalue weighted by Crippen LogP contribution is -2.32. The van der Waals surface area contributed by atoms with E-state index in [4.69, 9.17) is 11.6 Å². The van der Waals surface area contributed by atoms with Crippen LogP contribution in [-0.2, 0) is 7.05 Å². The first-order chi connectivity index (χ1) is 11.6. The molecule has 0 saturated carbocycles. The van der Waals surface area contributed by atoms with Gasteiger partial charge in [-0.25, -0.2) is 4.79 Å². The molecule has 0 saturated heterocycles. The van der Waals surface area contributed by atoms with Crippen molar-refractivity contribution in [2.75, 3.05) is 11.9 Å². The average Bonchev–Trinajstić information content (AvgIpc) is 2.92. The molecule has 0 aliphatic carbocycles. The lowest BCUT2D eigenvalue weighted by atomic mass is 10.1. The predicted molar refractivity (Wildman–Crippen MR) is 96.4 cm³/mol. The zero-order valence-corrected chi connectivity index (χ0v) is 13.9. The van der Waals surface area contributed by atoms with Crippen molar-refractivity contribution < 1.29 is 9.90 Å². The molecule has 0 spiro atoms. The van der Waals surface area contributed by atoms with Gasteiger partial charge in [0.15, 0.2) is 0 Å². The Balaban J connectivity index is 1.65. The molecule has 3 rings (SSSR count). The number of carbonyl (C=O) groups excluding carboxylic acids is 1. The molecular formula is C18H18ClN3O2. The number of rotatable bonds is 4. The summed E-state index contributed by atoms with van der Waals surface area (Å²) in [5, 5.41) is 17.2. The molecule has 24 heavy (non-hydrogen) atoms. The quantitative estimate of drug-likeness (QED) is 0.676. The third-order valence-electron chi connectivity index (χ3n) is 3.86. The molecule has 6 heteroatoms. The fraction of sp³-hybridized carbons (Fsp3) is 0.167. The van der Waals surface area contributed by atoms with E-state index in [0.29, 0.717) is 10.7 Å². The number of anilines is 1. The number of nitrogens with one attached hydrogen (secondary N) is 2. The average molecular weight is 344 g/mol. The number of halogens is 1. The second-order valence-electron chi connectivity index (χ2n) is 5.54. The number of amides is 2. The number of aliphatic hydroxyl groups is 1. The largest absolute Gasteiger partial charge is 0.386 e. The minimum Gasteiger partial charge on any atom is -0.386 e. The van der Waals surface area contributed by atoms with Crippen LogP contribution in [0.4, 0.5) is 10.5 Å². The van der Waals surface area contributed by atoms with Gasteiger partial charge in [-0.2, -0.15) is 0 Å². The van der Waals surface area contributed by atoms with Crippen molar-refractivity contribution in [2.24, 2.45) is 7.05 Å². The number of nitrogens with zero attached hydrogens (tertiary/aromatic N) is 1.